The number of amides is 2. The van der Waals surface area contributed by atoms with E-state index in [1.54, 1.807) is 20.0 Å². The number of aryl methyl sites for hydroxylation is 1. The van der Waals surface area contributed by atoms with Crippen LogP contribution in [-0.4, -0.2) is 46.0 Å². The van der Waals surface area contributed by atoms with Gasteiger partial charge < -0.3 is 20.5 Å². The van der Waals surface area contributed by atoms with E-state index in [9.17, 15) is 14.4 Å². The number of alkyl carbamates (subject to hydrolysis) is 1. The predicted octanol–water partition coefficient (Wildman–Crippen LogP) is 3.30. The zero-order chi connectivity index (χ0) is 24.9. The smallest absolute Gasteiger partial charge is 0.407 e. The number of carbonyl (C=O) groups excluding carboxylic acids is 2. The third-order valence-corrected chi connectivity index (χ3v) is 6.21. The van der Waals surface area contributed by atoms with Crippen molar-refractivity contribution in [2.75, 3.05) is 13.2 Å². The molecule has 1 atom stereocenters. The molecule has 0 aliphatic heterocycles. The van der Waals surface area contributed by atoms with Gasteiger partial charge in [-0.25, -0.2) is 4.79 Å². The van der Waals surface area contributed by atoms with Gasteiger partial charge in [0.25, 0.3) is 5.91 Å². The molecule has 35 heavy (non-hydrogen) atoms. The summed E-state index contributed by atoms with van der Waals surface area (Å²) in [5.41, 5.74) is 5.42. The summed E-state index contributed by atoms with van der Waals surface area (Å²) >= 11 is 0. The van der Waals surface area contributed by atoms with Crippen LogP contribution in [0.4, 0.5) is 4.79 Å². The minimum Gasteiger partial charge on any atom is -0.481 e. The lowest BCUT2D eigenvalue weighted by atomic mass is 9.98. The first-order chi connectivity index (χ1) is 16.8. The molecular formula is C26H28N4O5. The van der Waals surface area contributed by atoms with Gasteiger partial charge in [0.2, 0.25) is 0 Å². The number of aromatic nitrogens is 2. The maximum atomic E-state index is 12.4. The fourth-order valence-electron chi connectivity index (χ4n) is 4.25. The van der Waals surface area contributed by atoms with Crippen LogP contribution < -0.4 is 10.6 Å². The molecule has 3 N–H and O–H groups in total. The highest BCUT2D eigenvalue weighted by Gasteiger charge is 2.29. The molecule has 4 rings (SSSR count). The van der Waals surface area contributed by atoms with Crippen molar-refractivity contribution in [1.82, 2.24) is 20.4 Å². The van der Waals surface area contributed by atoms with Crippen LogP contribution in [-0.2, 0) is 23.1 Å². The number of ether oxygens (including phenoxy) is 1. The van der Waals surface area contributed by atoms with Gasteiger partial charge in [-0.3, -0.25) is 14.3 Å². The lowest BCUT2D eigenvalue weighted by Crippen LogP contribution is -2.28. The number of benzene rings is 2. The quantitative estimate of drug-likeness (QED) is 0.436. The van der Waals surface area contributed by atoms with Crippen LogP contribution in [0.2, 0.25) is 0 Å². The molecule has 1 unspecified atom stereocenters. The van der Waals surface area contributed by atoms with Crippen molar-refractivity contribution in [3.63, 3.8) is 0 Å². The number of nitrogens with zero attached hydrogens (tertiary/aromatic N) is 2. The fraction of sp³-hybridized carbons (Fsp3) is 0.308. The van der Waals surface area contributed by atoms with Crippen LogP contribution in [0.15, 0.2) is 54.6 Å². The predicted molar refractivity (Wildman–Crippen MR) is 129 cm³/mol. The van der Waals surface area contributed by atoms with Gasteiger partial charge in [-0.05, 0) is 34.7 Å². The first-order valence-corrected chi connectivity index (χ1v) is 11.5. The van der Waals surface area contributed by atoms with Crippen LogP contribution in [0.5, 0.6) is 0 Å². The summed E-state index contributed by atoms with van der Waals surface area (Å²) in [6.45, 7) is 2.15. The highest BCUT2D eigenvalue weighted by Crippen LogP contribution is 2.44. The molecule has 0 spiro atoms. The Hall–Kier alpha value is -4.14. The summed E-state index contributed by atoms with van der Waals surface area (Å²) < 4.78 is 6.95. The summed E-state index contributed by atoms with van der Waals surface area (Å²) in [5, 5.41) is 18.6. The van der Waals surface area contributed by atoms with E-state index in [1.165, 1.54) is 4.68 Å². The fourth-order valence-corrected chi connectivity index (χ4v) is 4.25. The average molecular weight is 477 g/mol. The van der Waals surface area contributed by atoms with E-state index < -0.39 is 18.0 Å². The minimum absolute atomic E-state index is 0.0258. The van der Waals surface area contributed by atoms with Crippen LogP contribution in [0.3, 0.4) is 0 Å². The van der Waals surface area contributed by atoms with Crippen molar-refractivity contribution in [1.29, 1.82) is 0 Å². The van der Waals surface area contributed by atoms with Crippen molar-refractivity contribution in [2.24, 2.45) is 13.0 Å². The summed E-state index contributed by atoms with van der Waals surface area (Å²) in [4.78, 5) is 35.7. The van der Waals surface area contributed by atoms with Crippen molar-refractivity contribution >= 4 is 18.0 Å². The van der Waals surface area contributed by atoms with Crippen LogP contribution >= 0.6 is 0 Å². The van der Waals surface area contributed by atoms with E-state index in [2.05, 4.69) is 40.0 Å². The molecule has 0 saturated heterocycles. The minimum atomic E-state index is -0.902. The number of nitrogens with one attached hydrogen (secondary N) is 2. The van der Waals surface area contributed by atoms with E-state index in [-0.39, 0.29) is 31.5 Å². The summed E-state index contributed by atoms with van der Waals surface area (Å²) in [6.07, 6.45) is -0.235. The van der Waals surface area contributed by atoms with Crippen molar-refractivity contribution in [3.05, 3.63) is 77.1 Å². The molecule has 2 amide bonds. The number of rotatable bonds is 9. The normalized spacial score (nSPS) is 13.0. The zero-order valence-corrected chi connectivity index (χ0v) is 19.7. The van der Waals surface area contributed by atoms with Crippen LogP contribution in [0.1, 0.15) is 46.6 Å². The molecule has 1 aromatic heterocycles. The molecule has 0 bridgehead atoms. The molecule has 2 aromatic carbocycles. The van der Waals surface area contributed by atoms with E-state index in [4.69, 9.17) is 9.84 Å². The molecule has 0 fully saturated rings. The standard InChI is InChI=1S/C26H28N4O5/c1-16(25(32)33)11-12-27-24(31)23-13-17(29-30(23)2)14-28-26(34)35-15-22-20-9-5-3-7-18(20)19-8-4-6-10-21(19)22/h3-10,13,16,22H,11-12,14-15H2,1-2H3,(H,27,31)(H,28,34)(H,32,33). The van der Waals surface area contributed by atoms with Gasteiger partial charge in [-0.1, -0.05) is 55.5 Å². The molecule has 1 heterocycles. The third kappa shape index (κ3) is 5.34. The number of fused-ring (bicyclic) bond motifs is 3. The van der Waals surface area contributed by atoms with E-state index in [1.807, 2.05) is 24.3 Å². The van der Waals surface area contributed by atoms with E-state index in [0.717, 1.165) is 22.3 Å². The topological polar surface area (TPSA) is 123 Å². The van der Waals surface area contributed by atoms with Crippen LogP contribution in [0, 0.1) is 5.92 Å². The Morgan fingerprint density at radius 3 is 2.31 bits per heavy atom. The Labute approximate surface area is 203 Å². The Kier molecular flexibility index (Phi) is 7.14. The molecule has 9 nitrogen and oxygen atoms in total. The largest absolute Gasteiger partial charge is 0.481 e. The average Bonchev–Trinajstić information content (AvgIpc) is 3.38. The van der Waals surface area contributed by atoms with E-state index >= 15 is 0 Å². The van der Waals surface area contributed by atoms with Crippen LogP contribution in [0.25, 0.3) is 11.1 Å². The molecule has 1 aliphatic carbocycles. The number of carboxylic acids is 1. The first-order valence-electron chi connectivity index (χ1n) is 11.5. The molecule has 0 saturated carbocycles. The molecular weight excluding hydrogens is 448 g/mol. The van der Waals surface area contributed by atoms with Gasteiger partial charge in [0.1, 0.15) is 12.3 Å². The molecule has 9 heteroatoms. The number of aliphatic carboxylic acids is 1. The Balaban J connectivity index is 1.29. The lowest BCUT2D eigenvalue weighted by Gasteiger charge is -2.14. The SMILES string of the molecule is CC(CCNC(=O)c1cc(CNC(=O)OCC2c3ccccc3-c3ccccc32)nn1C)C(=O)O. The van der Waals surface area contributed by atoms with E-state index in [0.29, 0.717) is 17.8 Å². The second kappa shape index (κ2) is 10.4. The van der Waals surface area contributed by atoms with Crippen molar-refractivity contribution in [2.45, 2.75) is 25.8 Å². The van der Waals surface area contributed by atoms with Crippen molar-refractivity contribution < 1.29 is 24.2 Å². The summed E-state index contributed by atoms with van der Waals surface area (Å²) in [6, 6.07) is 17.8. The van der Waals surface area contributed by atoms with Gasteiger partial charge in [-0.15, -0.1) is 0 Å². The number of hydrogen-bond acceptors (Lipinski definition) is 5. The summed E-state index contributed by atoms with van der Waals surface area (Å²) in [5.74, 6) is -1.83. The first kappa shape index (κ1) is 24.0. The molecule has 1 aliphatic rings. The lowest BCUT2D eigenvalue weighted by molar-refractivity contribution is -0.141. The number of hydrogen-bond donors (Lipinski definition) is 3. The third-order valence-electron chi connectivity index (χ3n) is 6.21. The second-order valence-corrected chi connectivity index (χ2v) is 8.61. The maximum Gasteiger partial charge on any atom is 0.407 e. The molecule has 3 aromatic rings. The highest BCUT2D eigenvalue weighted by molar-refractivity contribution is 5.92. The Bertz CT molecular complexity index is 1210. The van der Waals surface area contributed by atoms with Gasteiger partial charge >= 0.3 is 12.1 Å². The zero-order valence-electron chi connectivity index (χ0n) is 19.7. The monoisotopic (exact) mass is 476 g/mol. The maximum absolute atomic E-state index is 12.4. The second-order valence-electron chi connectivity index (χ2n) is 8.61. The Morgan fingerprint density at radius 2 is 1.69 bits per heavy atom. The number of carboxylic acid groups (broad SMARTS) is 1. The van der Waals surface area contributed by atoms with Gasteiger partial charge in [0.15, 0.2) is 0 Å². The summed E-state index contributed by atoms with van der Waals surface area (Å²) in [7, 11) is 1.63. The highest BCUT2D eigenvalue weighted by atomic mass is 16.5. The van der Waals surface area contributed by atoms with Gasteiger partial charge in [-0.2, -0.15) is 5.10 Å². The molecule has 0 radical (unpaired) electrons. The Morgan fingerprint density at radius 1 is 1.06 bits per heavy atom. The molecule has 182 valence electrons. The number of carbonyl (C=O) groups is 3. The van der Waals surface area contributed by atoms with Gasteiger partial charge in [0.05, 0.1) is 18.2 Å². The van der Waals surface area contributed by atoms with Crippen molar-refractivity contribution in [3.8, 4) is 11.1 Å². The van der Waals surface area contributed by atoms with Gasteiger partial charge in [0, 0.05) is 19.5 Å².